The van der Waals surface area contributed by atoms with Crippen molar-refractivity contribution in [2.75, 3.05) is 36.2 Å². The smallest absolute Gasteiger partial charge is 0.350 e. The third kappa shape index (κ3) is 6.11. The summed E-state index contributed by atoms with van der Waals surface area (Å²) in [5.41, 5.74) is 1.86. The summed E-state index contributed by atoms with van der Waals surface area (Å²) in [5, 5.41) is 5.28. The van der Waals surface area contributed by atoms with Crippen LogP contribution in [0.15, 0.2) is 59.2 Å². The number of esters is 1. The van der Waals surface area contributed by atoms with E-state index in [4.69, 9.17) is 4.74 Å². The second-order valence-corrected chi connectivity index (χ2v) is 9.68. The number of rotatable bonds is 8. The molecule has 0 atom stereocenters. The minimum atomic E-state index is -0.458. The number of methoxy groups -OCH3 is 1. The third-order valence-corrected chi connectivity index (χ3v) is 7.44. The Morgan fingerprint density at radius 2 is 1.91 bits per heavy atom. The highest BCUT2D eigenvalue weighted by atomic mass is 32.2. The van der Waals surface area contributed by atoms with Crippen LogP contribution in [-0.2, 0) is 16.0 Å². The SMILES string of the molecule is COC(=O)c1sccc1NC(=O)CSc1nccnc1N1CCC(Cc2ccccc2)CC1. The molecular formula is C24H26N4O3S2. The molecule has 172 valence electrons. The molecule has 1 aromatic carbocycles. The average molecular weight is 483 g/mol. The molecule has 9 heteroatoms. The van der Waals surface area contributed by atoms with Gasteiger partial charge in [-0.05, 0) is 42.2 Å². The molecule has 2 aromatic heterocycles. The first-order chi connectivity index (χ1) is 16.1. The highest BCUT2D eigenvalue weighted by Gasteiger charge is 2.23. The molecule has 0 bridgehead atoms. The number of anilines is 2. The number of nitrogens with one attached hydrogen (secondary N) is 1. The number of carbonyl (C=O) groups is 2. The molecule has 1 fully saturated rings. The Morgan fingerprint density at radius 3 is 2.67 bits per heavy atom. The number of carbonyl (C=O) groups excluding carboxylic acids is 2. The number of thioether (sulfide) groups is 1. The fourth-order valence-electron chi connectivity index (χ4n) is 3.91. The highest BCUT2D eigenvalue weighted by Crippen LogP contribution is 2.31. The monoisotopic (exact) mass is 482 g/mol. The van der Waals surface area contributed by atoms with Gasteiger partial charge in [0.15, 0.2) is 5.82 Å². The van der Waals surface area contributed by atoms with Gasteiger partial charge in [0.2, 0.25) is 5.91 Å². The Morgan fingerprint density at radius 1 is 1.15 bits per heavy atom. The van der Waals surface area contributed by atoms with Gasteiger partial charge in [-0.2, -0.15) is 0 Å². The van der Waals surface area contributed by atoms with E-state index >= 15 is 0 Å². The van der Waals surface area contributed by atoms with E-state index in [-0.39, 0.29) is 11.7 Å². The zero-order valence-corrected chi connectivity index (χ0v) is 20.0. The maximum absolute atomic E-state index is 12.5. The number of aromatic nitrogens is 2. The number of amides is 1. The quantitative estimate of drug-likeness (QED) is 0.373. The predicted molar refractivity (Wildman–Crippen MR) is 132 cm³/mol. The molecule has 4 rings (SSSR count). The van der Waals surface area contributed by atoms with Crippen LogP contribution in [0.25, 0.3) is 0 Å². The van der Waals surface area contributed by atoms with Crippen molar-refractivity contribution < 1.29 is 14.3 Å². The van der Waals surface area contributed by atoms with Gasteiger partial charge in [-0.15, -0.1) is 11.3 Å². The molecular weight excluding hydrogens is 456 g/mol. The van der Waals surface area contributed by atoms with E-state index in [9.17, 15) is 9.59 Å². The summed E-state index contributed by atoms with van der Waals surface area (Å²) in [6.07, 6.45) is 6.66. The number of piperidine rings is 1. The third-order valence-electron chi connectivity index (χ3n) is 5.58. The summed E-state index contributed by atoms with van der Waals surface area (Å²) in [7, 11) is 1.32. The summed E-state index contributed by atoms with van der Waals surface area (Å²) in [4.78, 5) is 36.0. The lowest BCUT2D eigenvalue weighted by Gasteiger charge is -2.33. The molecule has 3 heterocycles. The standard InChI is InChI=1S/C24H26N4O3S2/c1-31-24(30)21-19(9-14-32-21)27-20(29)16-33-23-22(25-10-11-26-23)28-12-7-18(8-13-28)15-17-5-3-2-4-6-17/h2-6,9-11,14,18H,7-8,12-13,15-16H2,1H3,(H,27,29). The lowest BCUT2D eigenvalue weighted by Crippen LogP contribution is -2.35. The van der Waals surface area contributed by atoms with Crippen LogP contribution in [0, 0.1) is 5.92 Å². The van der Waals surface area contributed by atoms with Crippen molar-refractivity contribution in [2.24, 2.45) is 5.92 Å². The number of benzene rings is 1. The summed E-state index contributed by atoms with van der Waals surface area (Å²) < 4.78 is 4.76. The normalized spacial score (nSPS) is 14.2. The van der Waals surface area contributed by atoms with Crippen molar-refractivity contribution in [2.45, 2.75) is 24.3 Å². The molecule has 7 nitrogen and oxygen atoms in total. The molecule has 0 aliphatic carbocycles. The molecule has 33 heavy (non-hydrogen) atoms. The van der Waals surface area contributed by atoms with Crippen molar-refractivity contribution in [3.8, 4) is 0 Å². The molecule has 0 radical (unpaired) electrons. The van der Waals surface area contributed by atoms with Crippen LogP contribution in [0.1, 0.15) is 28.1 Å². The van der Waals surface area contributed by atoms with Crippen molar-refractivity contribution in [1.29, 1.82) is 0 Å². The zero-order chi connectivity index (χ0) is 23.0. The molecule has 0 spiro atoms. The first kappa shape index (κ1) is 23.3. The summed E-state index contributed by atoms with van der Waals surface area (Å²) in [6.45, 7) is 1.85. The summed E-state index contributed by atoms with van der Waals surface area (Å²) in [5.74, 6) is 1.00. The van der Waals surface area contributed by atoms with Gasteiger partial charge < -0.3 is 15.0 Å². The predicted octanol–water partition coefficient (Wildman–Crippen LogP) is 4.51. The lowest BCUT2D eigenvalue weighted by atomic mass is 9.90. The minimum Gasteiger partial charge on any atom is -0.465 e. The molecule has 0 unspecified atom stereocenters. The number of ether oxygens (including phenoxy) is 1. The van der Waals surface area contributed by atoms with Gasteiger partial charge in [-0.25, -0.2) is 14.8 Å². The van der Waals surface area contributed by atoms with Crippen molar-refractivity contribution in [3.05, 3.63) is 64.6 Å². The first-order valence-electron chi connectivity index (χ1n) is 10.8. The number of thiophene rings is 1. The Kier molecular flexibility index (Phi) is 7.96. The number of hydrogen-bond donors (Lipinski definition) is 1. The van der Waals surface area contributed by atoms with Crippen molar-refractivity contribution in [1.82, 2.24) is 9.97 Å². The van der Waals surface area contributed by atoms with Crippen LogP contribution in [0.3, 0.4) is 0 Å². The molecule has 1 saturated heterocycles. The van der Waals surface area contributed by atoms with Crippen LogP contribution in [0.5, 0.6) is 0 Å². The second-order valence-electron chi connectivity index (χ2n) is 7.80. The Bertz CT molecular complexity index is 1080. The van der Waals surface area contributed by atoms with Crippen molar-refractivity contribution >= 4 is 46.5 Å². The van der Waals surface area contributed by atoms with Gasteiger partial charge in [-0.3, -0.25) is 4.79 Å². The van der Waals surface area contributed by atoms with E-state index in [1.165, 1.54) is 35.8 Å². The fraction of sp³-hybridized carbons (Fsp3) is 0.333. The van der Waals surface area contributed by atoms with Crippen LogP contribution in [-0.4, -0.2) is 47.8 Å². The largest absolute Gasteiger partial charge is 0.465 e. The van der Waals surface area contributed by atoms with Crippen LogP contribution >= 0.6 is 23.1 Å². The maximum atomic E-state index is 12.5. The topological polar surface area (TPSA) is 84.4 Å². The van der Waals surface area contributed by atoms with E-state index in [0.717, 1.165) is 43.2 Å². The zero-order valence-electron chi connectivity index (χ0n) is 18.4. The minimum absolute atomic E-state index is 0.173. The Balaban J connectivity index is 1.32. The highest BCUT2D eigenvalue weighted by molar-refractivity contribution is 8.00. The summed E-state index contributed by atoms with van der Waals surface area (Å²) in [6, 6.07) is 12.3. The van der Waals surface area contributed by atoms with Gasteiger partial charge in [-0.1, -0.05) is 42.1 Å². The molecule has 0 saturated carbocycles. The number of hydrogen-bond acceptors (Lipinski definition) is 8. The average Bonchev–Trinajstić information content (AvgIpc) is 3.31. The van der Waals surface area contributed by atoms with Gasteiger partial charge in [0.05, 0.1) is 18.6 Å². The van der Waals surface area contributed by atoms with E-state index < -0.39 is 5.97 Å². The molecule has 1 N–H and O–H groups in total. The Hall–Kier alpha value is -2.91. The van der Waals surface area contributed by atoms with Gasteiger partial charge in [0.1, 0.15) is 9.90 Å². The van der Waals surface area contributed by atoms with E-state index in [1.54, 1.807) is 23.8 Å². The molecule has 1 aliphatic heterocycles. The van der Waals surface area contributed by atoms with Gasteiger partial charge in [0, 0.05) is 25.5 Å². The first-order valence-corrected chi connectivity index (χ1v) is 12.7. The Labute approximate surface area is 201 Å². The summed E-state index contributed by atoms with van der Waals surface area (Å²) >= 11 is 2.59. The molecule has 1 amide bonds. The van der Waals surface area contributed by atoms with Gasteiger partial charge in [0.25, 0.3) is 0 Å². The van der Waals surface area contributed by atoms with Crippen LogP contribution in [0.4, 0.5) is 11.5 Å². The van der Waals surface area contributed by atoms with Crippen molar-refractivity contribution in [3.63, 3.8) is 0 Å². The van der Waals surface area contributed by atoms with Crippen LogP contribution in [0.2, 0.25) is 0 Å². The van der Waals surface area contributed by atoms with E-state index in [2.05, 4.69) is 50.5 Å². The molecule has 1 aliphatic rings. The van der Waals surface area contributed by atoms with E-state index in [1.807, 2.05) is 0 Å². The van der Waals surface area contributed by atoms with E-state index in [0.29, 0.717) is 16.5 Å². The fourth-order valence-corrected chi connectivity index (χ4v) is 5.46. The lowest BCUT2D eigenvalue weighted by molar-refractivity contribution is -0.113. The van der Waals surface area contributed by atoms with Gasteiger partial charge >= 0.3 is 5.97 Å². The second kappa shape index (κ2) is 11.3. The maximum Gasteiger partial charge on any atom is 0.350 e. The van der Waals surface area contributed by atoms with Crippen LogP contribution < -0.4 is 10.2 Å². The number of nitrogens with zero attached hydrogens (tertiary/aromatic N) is 3. The molecule has 3 aromatic rings.